The number of anilines is 2. The Hall–Kier alpha value is -3.98. The molecule has 1 saturated carbocycles. The Labute approximate surface area is 216 Å². The summed E-state index contributed by atoms with van der Waals surface area (Å²) in [6, 6.07) is 8.39. The third kappa shape index (κ3) is 5.56. The van der Waals surface area contributed by atoms with E-state index in [0.717, 1.165) is 62.2 Å². The second kappa shape index (κ2) is 10.2. The first-order valence-electron chi connectivity index (χ1n) is 12.4. The fourth-order valence-corrected chi connectivity index (χ4v) is 4.21. The molecular weight excluding hydrogens is 471 g/mol. The van der Waals surface area contributed by atoms with E-state index in [-0.39, 0.29) is 17.1 Å². The van der Waals surface area contributed by atoms with Gasteiger partial charge in [0.1, 0.15) is 5.82 Å². The summed E-state index contributed by atoms with van der Waals surface area (Å²) < 4.78 is 20.9. The third-order valence-corrected chi connectivity index (χ3v) is 7.05. The molecule has 0 unspecified atom stereocenters. The Balaban J connectivity index is 1.32. The molecule has 2 fully saturated rings. The fraction of sp³-hybridized carbons (Fsp3) is 0.321. The zero-order chi connectivity index (χ0) is 26.0. The van der Waals surface area contributed by atoms with Crippen LogP contribution in [0.25, 0.3) is 5.57 Å². The molecule has 2 aromatic rings. The Kier molecular flexibility index (Phi) is 6.80. The summed E-state index contributed by atoms with van der Waals surface area (Å²) >= 11 is 0. The maximum atomic E-state index is 14.9. The lowest BCUT2D eigenvalue weighted by Crippen LogP contribution is -2.44. The summed E-state index contributed by atoms with van der Waals surface area (Å²) in [5, 5.41) is 13.4. The Morgan fingerprint density at radius 1 is 1.22 bits per heavy atom. The molecule has 0 spiro atoms. The standard InChI is InChI=1S/C28H31FN6O2/c1-28(8-9-28)27(36)33-21-4-5-24(22(29)16-21)37-25-15-20(18-31-23(25)7-10-30)19-3-6-26(32-17-19)35-13-11-34(2)12-14-35/h3-7,10,15-18,30-31H,8-9,11-14H2,1-2H3,(H,33,36)/b23-7-,30-10?. The number of likely N-dealkylation sites (N-methyl/N-ethyl adjacent to an activating group) is 1. The van der Waals surface area contributed by atoms with Crippen LogP contribution in [0.3, 0.4) is 0 Å². The lowest BCUT2D eigenvalue weighted by molar-refractivity contribution is -0.120. The molecule has 37 heavy (non-hydrogen) atoms. The molecule has 9 heteroatoms. The van der Waals surface area contributed by atoms with Gasteiger partial charge in [-0.1, -0.05) is 6.92 Å². The van der Waals surface area contributed by atoms with Crippen molar-refractivity contribution in [2.24, 2.45) is 5.41 Å². The van der Waals surface area contributed by atoms with E-state index in [1.54, 1.807) is 12.1 Å². The molecule has 0 bridgehead atoms. The molecule has 8 nitrogen and oxygen atoms in total. The summed E-state index contributed by atoms with van der Waals surface area (Å²) in [5.74, 6) is 0.631. The maximum absolute atomic E-state index is 14.9. The van der Waals surface area contributed by atoms with Gasteiger partial charge in [0.25, 0.3) is 0 Å². The van der Waals surface area contributed by atoms with Crippen LogP contribution in [-0.4, -0.2) is 55.2 Å². The largest absolute Gasteiger partial charge is 0.452 e. The number of pyridine rings is 1. The van der Waals surface area contributed by atoms with Crippen LogP contribution in [0, 0.1) is 16.6 Å². The summed E-state index contributed by atoms with van der Waals surface area (Å²) in [6.07, 6.45) is 9.78. The van der Waals surface area contributed by atoms with Crippen molar-refractivity contribution >= 4 is 29.2 Å². The number of nitrogens with one attached hydrogen (secondary N) is 3. The van der Waals surface area contributed by atoms with Gasteiger partial charge in [-0.25, -0.2) is 9.37 Å². The molecule has 3 N–H and O–H groups in total. The van der Waals surface area contributed by atoms with Crippen LogP contribution in [-0.2, 0) is 4.79 Å². The van der Waals surface area contributed by atoms with E-state index in [9.17, 15) is 9.18 Å². The zero-order valence-electron chi connectivity index (χ0n) is 21.1. The fourth-order valence-electron chi connectivity index (χ4n) is 4.21. The minimum Gasteiger partial charge on any atom is -0.452 e. The molecule has 1 aromatic heterocycles. The molecule has 1 aromatic carbocycles. The zero-order valence-corrected chi connectivity index (χ0v) is 21.1. The first-order chi connectivity index (χ1) is 17.8. The number of carbonyl (C=O) groups excluding carboxylic acids is 1. The van der Waals surface area contributed by atoms with E-state index in [1.807, 2.05) is 31.5 Å². The van der Waals surface area contributed by atoms with Gasteiger partial charge < -0.3 is 30.6 Å². The van der Waals surface area contributed by atoms with Crippen LogP contribution < -0.4 is 20.3 Å². The molecule has 1 amide bonds. The molecule has 192 valence electrons. The van der Waals surface area contributed by atoms with E-state index in [1.165, 1.54) is 18.2 Å². The number of piperazine rings is 1. The SMILES string of the molecule is CN1CCN(c2ccc(C3=CN/C(=C\C=N)C(Oc4ccc(NC(=O)C5(C)CC5)cc4F)=C3)cn2)CC1. The molecule has 2 aliphatic heterocycles. The van der Waals surface area contributed by atoms with Crippen LogP contribution in [0.1, 0.15) is 25.3 Å². The smallest absolute Gasteiger partial charge is 0.230 e. The number of rotatable bonds is 7. The molecule has 3 heterocycles. The van der Waals surface area contributed by atoms with Crippen molar-refractivity contribution in [3.63, 3.8) is 0 Å². The van der Waals surface area contributed by atoms with E-state index in [2.05, 4.69) is 32.5 Å². The number of allylic oxidation sites excluding steroid dienone is 3. The normalized spacial score (nSPS) is 20.0. The summed E-state index contributed by atoms with van der Waals surface area (Å²) in [5.41, 5.74) is 2.26. The van der Waals surface area contributed by atoms with Gasteiger partial charge in [-0.2, -0.15) is 0 Å². The van der Waals surface area contributed by atoms with Crippen molar-refractivity contribution in [1.82, 2.24) is 15.2 Å². The lowest BCUT2D eigenvalue weighted by Gasteiger charge is -2.33. The molecule has 1 aliphatic carbocycles. The molecular formula is C28H31FN6O2. The van der Waals surface area contributed by atoms with Crippen molar-refractivity contribution in [2.75, 3.05) is 43.4 Å². The van der Waals surface area contributed by atoms with E-state index in [4.69, 9.17) is 10.1 Å². The molecule has 1 saturated heterocycles. The van der Waals surface area contributed by atoms with Crippen LogP contribution in [0.2, 0.25) is 0 Å². The van der Waals surface area contributed by atoms with Gasteiger partial charge in [0, 0.05) is 73.1 Å². The van der Waals surface area contributed by atoms with Crippen LogP contribution in [0.5, 0.6) is 5.75 Å². The van der Waals surface area contributed by atoms with Crippen molar-refractivity contribution in [2.45, 2.75) is 19.8 Å². The van der Waals surface area contributed by atoms with Gasteiger partial charge in [0.05, 0.1) is 5.70 Å². The van der Waals surface area contributed by atoms with Crippen LogP contribution >= 0.6 is 0 Å². The first kappa shape index (κ1) is 24.7. The number of ether oxygens (including phenoxy) is 1. The van der Waals surface area contributed by atoms with E-state index < -0.39 is 5.82 Å². The quantitative estimate of drug-likeness (QED) is 0.493. The second-order valence-corrected chi connectivity index (χ2v) is 9.96. The van der Waals surface area contributed by atoms with Gasteiger partial charge in [0.15, 0.2) is 17.3 Å². The number of benzene rings is 1. The number of aromatic nitrogens is 1. The maximum Gasteiger partial charge on any atom is 0.230 e. The van der Waals surface area contributed by atoms with Crippen LogP contribution in [0.4, 0.5) is 15.9 Å². The molecule has 0 radical (unpaired) electrons. The highest BCUT2D eigenvalue weighted by Gasteiger charge is 2.44. The number of amides is 1. The van der Waals surface area contributed by atoms with E-state index >= 15 is 0 Å². The van der Waals surface area contributed by atoms with Crippen molar-refractivity contribution in [1.29, 1.82) is 5.41 Å². The summed E-state index contributed by atoms with van der Waals surface area (Å²) in [7, 11) is 2.12. The molecule has 3 aliphatic rings. The van der Waals surface area contributed by atoms with Crippen molar-refractivity contribution < 1.29 is 13.9 Å². The van der Waals surface area contributed by atoms with Gasteiger partial charge in [-0.15, -0.1) is 0 Å². The highest BCUT2D eigenvalue weighted by atomic mass is 19.1. The second-order valence-electron chi connectivity index (χ2n) is 9.96. The number of hydrogen-bond acceptors (Lipinski definition) is 7. The highest BCUT2D eigenvalue weighted by Crippen LogP contribution is 2.45. The Bertz CT molecular complexity index is 1290. The predicted octanol–water partition coefficient (Wildman–Crippen LogP) is 4.15. The lowest BCUT2D eigenvalue weighted by atomic mass is 10.0. The minimum atomic E-state index is -0.594. The molecule has 0 atom stereocenters. The Morgan fingerprint density at radius 2 is 2.00 bits per heavy atom. The number of nitrogens with zero attached hydrogens (tertiary/aromatic N) is 3. The van der Waals surface area contributed by atoms with Gasteiger partial charge >= 0.3 is 0 Å². The number of carbonyl (C=O) groups is 1. The van der Waals surface area contributed by atoms with Crippen LogP contribution in [0.15, 0.2) is 66.3 Å². The summed E-state index contributed by atoms with van der Waals surface area (Å²) in [4.78, 5) is 21.5. The Morgan fingerprint density at radius 3 is 2.65 bits per heavy atom. The van der Waals surface area contributed by atoms with Crippen molar-refractivity contribution in [3.05, 3.63) is 77.7 Å². The monoisotopic (exact) mass is 502 g/mol. The highest BCUT2D eigenvalue weighted by molar-refractivity contribution is 5.96. The summed E-state index contributed by atoms with van der Waals surface area (Å²) in [6.45, 7) is 5.80. The average molecular weight is 503 g/mol. The topological polar surface area (TPSA) is 93.6 Å². The van der Waals surface area contributed by atoms with Crippen molar-refractivity contribution in [3.8, 4) is 5.75 Å². The predicted molar refractivity (Wildman–Crippen MR) is 143 cm³/mol. The molecule has 5 rings (SSSR count). The average Bonchev–Trinajstić information content (AvgIpc) is 3.66. The third-order valence-electron chi connectivity index (χ3n) is 7.05. The minimum absolute atomic E-state index is 0.0179. The van der Waals surface area contributed by atoms with Gasteiger partial charge in [0.2, 0.25) is 5.91 Å². The number of hydrogen-bond donors (Lipinski definition) is 3. The van der Waals surface area contributed by atoms with Gasteiger partial charge in [-0.3, -0.25) is 4.79 Å². The van der Waals surface area contributed by atoms with E-state index in [0.29, 0.717) is 17.1 Å². The number of dihydropyridines is 1. The first-order valence-corrected chi connectivity index (χ1v) is 12.4. The number of halogens is 1. The van der Waals surface area contributed by atoms with Gasteiger partial charge in [-0.05, 0) is 56.3 Å².